The van der Waals surface area contributed by atoms with Crippen molar-refractivity contribution in [2.45, 2.75) is 0 Å². The minimum absolute atomic E-state index is 0.0981. The van der Waals surface area contributed by atoms with E-state index in [1.807, 2.05) is 30.3 Å². The van der Waals surface area contributed by atoms with Gasteiger partial charge in [-0.25, -0.2) is 4.79 Å². The lowest BCUT2D eigenvalue weighted by Gasteiger charge is -2.13. The highest BCUT2D eigenvalue weighted by Crippen LogP contribution is 2.28. The molecule has 1 aliphatic rings. The van der Waals surface area contributed by atoms with Crippen molar-refractivity contribution in [3.63, 3.8) is 0 Å². The second-order valence-corrected chi connectivity index (χ2v) is 7.20. The molecule has 0 saturated carbocycles. The molecule has 0 unspecified atom stereocenters. The Labute approximate surface area is 161 Å². The zero-order valence-corrected chi connectivity index (χ0v) is 15.3. The molecule has 0 spiro atoms. The van der Waals surface area contributed by atoms with E-state index in [0.29, 0.717) is 24.4 Å². The zero-order valence-electron chi connectivity index (χ0n) is 14.5. The maximum Gasteiger partial charge on any atom is 0.414 e. The van der Waals surface area contributed by atoms with Gasteiger partial charge < -0.3 is 4.74 Å². The van der Waals surface area contributed by atoms with E-state index in [9.17, 15) is 9.59 Å². The first-order valence-corrected chi connectivity index (χ1v) is 9.44. The molecule has 0 atom stereocenters. The van der Waals surface area contributed by atoms with Crippen molar-refractivity contribution < 1.29 is 14.3 Å². The number of hydrogen-bond donors (Lipinski definition) is 0. The third-order valence-corrected chi connectivity index (χ3v) is 5.39. The van der Waals surface area contributed by atoms with E-state index >= 15 is 0 Å². The van der Waals surface area contributed by atoms with Crippen molar-refractivity contribution in [2.75, 3.05) is 18.1 Å². The van der Waals surface area contributed by atoms with Gasteiger partial charge in [-0.2, -0.15) is 0 Å². The molecule has 1 aliphatic heterocycles. The third-order valence-electron chi connectivity index (χ3n) is 4.29. The lowest BCUT2D eigenvalue weighted by molar-refractivity contribution is 0.104. The lowest BCUT2D eigenvalue weighted by atomic mass is 10.1. The zero-order chi connectivity index (χ0) is 18.6. The lowest BCUT2D eigenvalue weighted by Crippen LogP contribution is -2.23. The first-order valence-electron chi connectivity index (χ1n) is 8.63. The fourth-order valence-corrected chi connectivity index (χ4v) is 3.83. The molecule has 3 aromatic rings. The maximum atomic E-state index is 12.5. The van der Waals surface area contributed by atoms with Gasteiger partial charge in [-0.1, -0.05) is 42.5 Å². The number of thiophene rings is 1. The van der Waals surface area contributed by atoms with Crippen molar-refractivity contribution in [1.29, 1.82) is 0 Å². The number of allylic oxidation sites excluding steroid dienone is 1. The summed E-state index contributed by atoms with van der Waals surface area (Å²) in [5.74, 6) is -0.0981. The number of carbonyl (C=O) groups excluding carboxylic acids is 2. The summed E-state index contributed by atoms with van der Waals surface area (Å²) in [6.45, 7) is 0.878. The van der Waals surface area contributed by atoms with Crippen LogP contribution in [-0.4, -0.2) is 25.0 Å². The first-order chi connectivity index (χ1) is 13.2. The van der Waals surface area contributed by atoms with Crippen molar-refractivity contribution in [1.82, 2.24) is 0 Å². The SMILES string of the molecule is O=C(C=Cc1ccc(-c2ccccc2)s1)c1cccc(N2CCOC2=O)c1. The number of nitrogens with zero attached hydrogens (tertiary/aromatic N) is 1. The number of rotatable bonds is 5. The summed E-state index contributed by atoms with van der Waals surface area (Å²) in [4.78, 5) is 27.9. The Morgan fingerprint density at radius 3 is 2.67 bits per heavy atom. The average Bonchev–Trinajstić information content (AvgIpc) is 3.36. The van der Waals surface area contributed by atoms with Crippen molar-refractivity contribution in [2.24, 2.45) is 0 Å². The molecule has 1 amide bonds. The molecule has 2 aromatic carbocycles. The van der Waals surface area contributed by atoms with Gasteiger partial charge in [0.2, 0.25) is 0 Å². The number of amides is 1. The van der Waals surface area contributed by atoms with Gasteiger partial charge in [-0.15, -0.1) is 11.3 Å². The molecular formula is C22H17NO3S. The molecule has 1 saturated heterocycles. The molecule has 0 aliphatic carbocycles. The van der Waals surface area contributed by atoms with Gasteiger partial charge >= 0.3 is 6.09 Å². The molecule has 4 rings (SSSR count). The van der Waals surface area contributed by atoms with Gasteiger partial charge in [0.1, 0.15) is 6.61 Å². The van der Waals surface area contributed by atoms with Crippen LogP contribution in [-0.2, 0) is 4.74 Å². The summed E-state index contributed by atoms with van der Waals surface area (Å²) in [6.07, 6.45) is 3.03. The number of hydrogen-bond acceptors (Lipinski definition) is 4. The number of anilines is 1. The Morgan fingerprint density at radius 2 is 1.89 bits per heavy atom. The minimum atomic E-state index is -0.373. The Kier molecular flexibility index (Phi) is 4.85. The van der Waals surface area contributed by atoms with Crippen molar-refractivity contribution in [3.05, 3.63) is 83.2 Å². The highest BCUT2D eigenvalue weighted by atomic mass is 32.1. The number of ketones is 1. The number of cyclic esters (lactones) is 1. The second kappa shape index (κ2) is 7.60. The van der Waals surface area contributed by atoms with E-state index in [1.54, 1.807) is 41.7 Å². The molecule has 0 bridgehead atoms. The van der Waals surface area contributed by atoms with Crippen LogP contribution in [0.3, 0.4) is 0 Å². The predicted molar refractivity (Wildman–Crippen MR) is 108 cm³/mol. The Morgan fingerprint density at radius 1 is 1.04 bits per heavy atom. The van der Waals surface area contributed by atoms with Crippen LogP contribution in [0.5, 0.6) is 0 Å². The van der Waals surface area contributed by atoms with Crippen LogP contribution in [0.25, 0.3) is 16.5 Å². The molecule has 5 heteroatoms. The van der Waals surface area contributed by atoms with E-state index in [4.69, 9.17) is 4.74 Å². The van der Waals surface area contributed by atoms with E-state index in [2.05, 4.69) is 18.2 Å². The topological polar surface area (TPSA) is 46.6 Å². The van der Waals surface area contributed by atoms with Crippen LogP contribution >= 0.6 is 11.3 Å². The quantitative estimate of drug-likeness (QED) is 0.451. The fourth-order valence-electron chi connectivity index (χ4n) is 2.91. The minimum Gasteiger partial charge on any atom is -0.447 e. The van der Waals surface area contributed by atoms with Gasteiger partial charge in [0, 0.05) is 21.0 Å². The van der Waals surface area contributed by atoms with E-state index < -0.39 is 0 Å². The molecule has 134 valence electrons. The average molecular weight is 375 g/mol. The maximum absolute atomic E-state index is 12.5. The van der Waals surface area contributed by atoms with Gasteiger partial charge in [-0.3, -0.25) is 9.69 Å². The standard InChI is InChI=1S/C22H17NO3S/c24-20(17-7-4-8-18(15-17)23-13-14-26-22(23)25)11-9-19-10-12-21(27-19)16-5-2-1-3-6-16/h1-12,15H,13-14H2. The fraction of sp³-hybridized carbons (Fsp3) is 0.0909. The molecule has 0 radical (unpaired) electrons. The highest BCUT2D eigenvalue weighted by Gasteiger charge is 2.23. The van der Waals surface area contributed by atoms with Crippen molar-refractivity contribution >= 4 is 35.0 Å². The van der Waals surface area contributed by atoms with Gasteiger partial charge in [0.25, 0.3) is 0 Å². The predicted octanol–water partition coefficient (Wildman–Crippen LogP) is 5.27. The Hall–Kier alpha value is -3.18. The van der Waals surface area contributed by atoms with Crippen LogP contribution in [0.4, 0.5) is 10.5 Å². The van der Waals surface area contributed by atoms with Crippen LogP contribution < -0.4 is 4.90 Å². The van der Waals surface area contributed by atoms with Crippen LogP contribution in [0.2, 0.25) is 0 Å². The first kappa shape index (κ1) is 17.2. The summed E-state index contributed by atoms with van der Waals surface area (Å²) in [6, 6.07) is 21.3. The normalized spacial score (nSPS) is 13.9. The summed E-state index contributed by atoms with van der Waals surface area (Å²) < 4.78 is 4.95. The Balaban J connectivity index is 1.49. The van der Waals surface area contributed by atoms with E-state index in [0.717, 1.165) is 9.75 Å². The molecule has 4 nitrogen and oxygen atoms in total. The van der Waals surface area contributed by atoms with E-state index in [1.165, 1.54) is 10.5 Å². The van der Waals surface area contributed by atoms with Gasteiger partial charge in [0.05, 0.1) is 6.54 Å². The number of carbonyl (C=O) groups is 2. The van der Waals surface area contributed by atoms with E-state index in [-0.39, 0.29) is 11.9 Å². The molecule has 0 N–H and O–H groups in total. The monoisotopic (exact) mass is 375 g/mol. The summed E-state index contributed by atoms with van der Waals surface area (Å²) in [7, 11) is 0. The largest absolute Gasteiger partial charge is 0.447 e. The molecular weight excluding hydrogens is 358 g/mol. The molecule has 2 heterocycles. The smallest absolute Gasteiger partial charge is 0.414 e. The van der Waals surface area contributed by atoms with Gasteiger partial charge in [0.15, 0.2) is 5.78 Å². The second-order valence-electron chi connectivity index (χ2n) is 6.08. The summed E-state index contributed by atoms with van der Waals surface area (Å²) in [5.41, 5.74) is 2.39. The molecule has 1 aromatic heterocycles. The number of ether oxygens (including phenoxy) is 1. The summed E-state index contributed by atoms with van der Waals surface area (Å²) >= 11 is 1.64. The van der Waals surface area contributed by atoms with Crippen LogP contribution in [0.1, 0.15) is 15.2 Å². The summed E-state index contributed by atoms with van der Waals surface area (Å²) in [5, 5.41) is 0. The number of benzene rings is 2. The highest BCUT2D eigenvalue weighted by molar-refractivity contribution is 7.16. The third kappa shape index (κ3) is 3.83. The molecule has 1 fully saturated rings. The van der Waals surface area contributed by atoms with Crippen LogP contribution in [0.15, 0.2) is 72.8 Å². The van der Waals surface area contributed by atoms with Gasteiger partial charge in [-0.05, 0) is 42.0 Å². The van der Waals surface area contributed by atoms with Crippen molar-refractivity contribution in [3.8, 4) is 10.4 Å². The Bertz CT molecular complexity index is 1010. The molecule has 27 heavy (non-hydrogen) atoms. The van der Waals surface area contributed by atoms with Crippen LogP contribution in [0, 0.1) is 0 Å².